The lowest BCUT2D eigenvalue weighted by Gasteiger charge is -2.02. The van der Waals surface area contributed by atoms with Crippen molar-refractivity contribution in [2.75, 3.05) is 5.32 Å². The molecule has 3 heterocycles. The van der Waals surface area contributed by atoms with Crippen LogP contribution in [0.3, 0.4) is 0 Å². The molecule has 0 atom stereocenters. The van der Waals surface area contributed by atoms with Gasteiger partial charge in [0.25, 0.3) is 5.91 Å². The number of carbonyl (C=O) groups excluding carboxylic acids is 1. The van der Waals surface area contributed by atoms with Crippen LogP contribution in [0.1, 0.15) is 16.1 Å². The molecule has 3 aromatic heterocycles. The summed E-state index contributed by atoms with van der Waals surface area (Å²) < 4.78 is 0. The van der Waals surface area contributed by atoms with Crippen molar-refractivity contribution in [3.05, 3.63) is 59.8 Å². The molecule has 0 aliphatic rings. The van der Waals surface area contributed by atoms with Crippen molar-refractivity contribution in [3.8, 4) is 11.5 Å². The van der Waals surface area contributed by atoms with Crippen molar-refractivity contribution in [2.24, 2.45) is 0 Å². The predicted octanol–water partition coefficient (Wildman–Crippen LogP) is 3.39. The van der Waals surface area contributed by atoms with Crippen molar-refractivity contribution < 1.29 is 4.79 Å². The van der Waals surface area contributed by atoms with Gasteiger partial charge in [0.15, 0.2) is 11.6 Å². The molecule has 0 spiro atoms. The molecule has 8 heteroatoms. The van der Waals surface area contributed by atoms with Gasteiger partial charge < -0.3 is 10.3 Å². The Labute approximate surface area is 153 Å². The third kappa shape index (κ3) is 2.63. The topological polar surface area (TPSA) is 115 Å². The molecule has 0 radical (unpaired) electrons. The predicted molar refractivity (Wildman–Crippen MR) is 102 cm³/mol. The van der Waals surface area contributed by atoms with E-state index in [0.717, 1.165) is 33.3 Å². The molecular weight excluding hydrogens is 342 g/mol. The van der Waals surface area contributed by atoms with Crippen molar-refractivity contribution >= 4 is 33.7 Å². The first-order valence-corrected chi connectivity index (χ1v) is 8.44. The average Bonchev–Trinajstić information content (AvgIpc) is 3.38. The second-order valence-corrected chi connectivity index (χ2v) is 6.33. The second-order valence-electron chi connectivity index (χ2n) is 6.33. The zero-order valence-electron chi connectivity index (χ0n) is 14.4. The number of hydrogen-bond donors (Lipinski definition) is 4. The van der Waals surface area contributed by atoms with Gasteiger partial charge in [0.2, 0.25) is 0 Å². The maximum absolute atomic E-state index is 12.4. The Morgan fingerprint density at radius 2 is 1.89 bits per heavy atom. The lowest BCUT2D eigenvalue weighted by atomic mass is 10.1. The Bertz CT molecular complexity index is 1260. The number of amides is 1. The van der Waals surface area contributed by atoms with Crippen LogP contribution in [-0.2, 0) is 0 Å². The SMILES string of the molecule is Cc1cc(NC(=O)c2ccc3c(-c4nc5ccccc5[nH]4)n[nH]c3c2)n[nH]1. The molecule has 0 aliphatic carbocycles. The number of imidazole rings is 1. The molecule has 0 fully saturated rings. The molecule has 0 aliphatic heterocycles. The fourth-order valence-corrected chi connectivity index (χ4v) is 3.08. The molecule has 132 valence electrons. The van der Waals surface area contributed by atoms with Crippen LogP contribution >= 0.6 is 0 Å². The Kier molecular flexibility index (Phi) is 3.29. The molecule has 4 N–H and O–H groups in total. The van der Waals surface area contributed by atoms with Crippen molar-refractivity contribution in [1.29, 1.82) is 0 Å². The number of H-pyrrole nitrogens is 3. The summed E-state index contributed by atoms with van der Waals surface area (Å²) in [6.07, 6.45) is 0. The van der Waals surface area contributed by atoms with Gasteiger partial charge in [0, 0.05) is 22.7 Å². The third-order valence-corrected chi connectivity index (χ3v) is 4.39. The molecule has 0 saturated heterocycles. The van der Waals surface area contributed by atoms with E-state index in [1.54, 1.807) is 18.2 Å². The maximum Gasteiger partial charge on any atom is 0.256 e. The second kappa shape index (κ2) is 5.80. The van der Waals surface area contributed by atoms with Crippen LogP contribution in [0.25, 0.3) is 33.5 Å². The van der Waals surface area contributed by atoms with Crippen LogP contribution in [0.15, 0.2) is 48.5 Å². The van der Waals surface area contributed by atoms with Crippen molar-refractivity contribution in [1.82, 2.24) is 30.4 Å². The molecular formula is C19H15N7O. The highest BCUT2D eigenvalue weighted by Gasteiger charge is 2.15. The normalized spacial score (nSPS) is 11.3. The molecule has 2 aromatic carbocycles. The van der Waals surface area contributed by atoms with E-state index < -0.39 is 0 Å². The first-order valence-electron chi connectivity index (χ1n) is 8.44. The molecule has 8 nitrogen and oxygen atoms in total. The summed E-state index contributed by atoms with van der Waals surface area (Å²) in [4.78, 5) is 20.3. The summed E-state index contributed by atoms with van der Waals surface area (Å²) in [7, 11) is 0. The average molecular weight is 357 g/mol. The number of benzene rings is 2. The highest BCUT2D eigenvalue weighted by atomic mass is 16.1. The van der Waals surface area contributed by atoms with E-state index in [-0.39, 0.29) is 5.91 Å². The lowest BCUT2D eigenvalue weighted by molar-refractivity contribution is 0.102. The van der Waals surface area contributed by atoms with Crippen molar-refractivity contribution in [2.45, 2.75) is 6.92 Å². The van der Waals surface area contributed by atoms with E-state index in [1.165, 1.54) is 0 Å². The van der Waals surface area contributed by atoms with E-state index in [0.29, 0.717) is 17.2 Å². The van der Waals surface area contributed by atoms with Gasteiger partial charge in [-0.1, -0.05) is 12.1 Å². The molecule has 27 heavy (non-hydrogen) atoms. The van der Waals surface area contributed by atoms with Gasteiger partial charge in [-0.3, -0.25) is 15.0 Å². The summed E-state index contributed by atoms with van der Waals surface area (Å²) >= 11 is 0. The molecule has 0 saturated carbocycles. The molecule has 0 bridgehead atoms. The number of aromatic nitrogens is 6. The summed E-state index contributed by atoms with van der Waals surface area (Å²) in [6, 6.07) is 15.0. The highest BCUT2D eigenvalue weighted by Crippen LogP contribution is 2.27. The molecule has 1 amide bonds. The zero-order chi connectivity index (χ0) is 18.4. The summed E-state index contributed by atoms with van der Waals surface area (Å²) in [5.41, 5.74) is 4.71. The Balaban J connectivity index is 1.49. The number of anilines is 1. The largest absolute Gasteiger partial charge is 0.337 e. The van der Waals surface area contributed by atoms with Gasteiger partial charge >= 0.3 is 0 Å². The number of nitrogens with one attached hydrogen (secondary N) is 4. The van der Waals surface area contributed by atoms with Crippen LogP contribution in [0.5, 0.6) is 0 Å². The Hall–Kier alpha value is -3.94. The number of aromatic amines is 3. The molecule has 5 aromatic rings. The first-order chi connectivity index (χ1) is 13.2. The number of nitrogens with zero attached hydrogens (tertiary/aromatic N) is 3. The number of aryl methyl sites for hydroxylation is 1. The summed E-state index contributed by atoms with van der Waals surface area (Å²) in [5, 5.41) is 17.8. The van der Waals surface area contributed by atoms with Gasteiger partial charge in [0.05, 0.1) is 16.6 Å². The van der Waals surface area contributed by atoms with Gasteiger partial charge in [-0.15, -0.1) is 0 Å². The number of carbonyl (C=O) groups is 1. The standard InChI is InChI=1S/C19H15N7O/c1-10-8-16(25-23-10)22-19(27)11-6-7-12-15(9-11)24-26-17(12)18-20-13-4-2-3-5-14(13)21-18/h2-9H,1H3,(H,20,21)(H,24,26)(H2,22,23,25,27). The van der Waals surface area contributed by atoms with Crippen LogP contribution in [0.4, 0.5) is 5.82 Å². The Morgan fingerprint density at radius 3 is 2.70 bits per heavy atom. The summed E-state index contributed by atoms with van der Waals surface area (Å²) in [5.74, 6) is 0.945. The van der Waals surface area contributed by atoms with Crippen molar-refractivity contribution in [3.63, 3.8) is 0 Å². The van der Waals surface area contributed by atoms with Gasteiger partial charge in [0.1, 0.15) is 5.69 Å². The van der Waals surface area contributed by atoms with Gasteiger partial charge in [-0.2, -0.15) is 10.2 Å². The van der Waals surface area contributed by atoms with E-state index in [1.807, 2.05) is 37.3 Å². The monoisotopic (exact) mass is 357 g/mol. The van der Waals surface area contributed by atoms with Crippen LogP contribution in [0.2, 0.25) is 0 Å². The third-order valence-electron chi connectivity index (χ3n) is 4.39. The number of rotatable bonds is 3. The smallest absolute Gasteiger partial charge is 0.256 e. The highest BCUT2D eigenvalue weighted by molar-refractivity contribution is 6.06. The number of para-hydroxylation sites is 2. The maximum atomic E-state index is 12.4. The van der Waals surface area contributed by atoms with Crippen LogP contribution < -0.4 is 5.32 Å². The number of hydrogen-bond acceptors (Lipinski definition) is 4. The lowest BCUT2D eigenvalue weighted by Crippen LogP contribution is -2.12. The zero-order valence-corrected chi connectivity index (χ0v) is 14.4. The number of fused-ring (bicyclic) bond motifs is 2. The van der Waals surface area contributed by atoms with Gasteiger partial charge in [-0.05, 0) is 37.3 Å². The van der Waals surface area contributed by atoms with Gasteiger partial charge in [-0.25, -0.2) is 4.98 Å². The van der Waals surface area contributed by atoms with Crippen LogP contribution in [0, 0.1) is 6.92 Å². The Morgan fingerprint density at radius 1 is 1.00 bits per heavy atom. The van der Waals surface area contributed by atoms with E-state index in [9.17, 15) is 4.79 Å². The van der Waals surface area contributed by atoms with E-state index in [4.69, 9.17) is 0 Å². The molecule has 0 unspecified atom stereocenters. The van der Waals surface area contributed by atoms with E-state index >= 15 is 0 Å². The fraction of sp³-hybridized carbons (Fsp3) is 0.0526. The summed E-state index contributed by atoms with van der Waals surface area (Å²) in [6.45, 7) is 1.87. The molecule has 5 rings (SSSR count). The fourth-order valence-electron chi connectivity index (χ4n) is 3.08. The minimum Gasteiger partial charge on any atom is -0.337 e. The quantitative estimate of drug-likeness (QED) is 0.396. The first kappa shape index (κ1) is 15.3. The minimum absolute atomic E-state index is 0.233. The van der Waals surface area contributed by atoms with E-state index in [2.05, 4.69) is 35.7 Å². The minimum atomic E-state index is -0.233. The van der Waals surface area contributed by atoms with Crippen LogP contribution in [-0.4, -0.2) is 36.3 Å².